The molecular weight excluding hydrogens is 170 g/mol. The third-order valence-electron chi connectivity index (χ3n) is 2.01. The predicted octanol–water partition coefficient (Wildman–Crippen LogP) is 0.762. The molecule has 0 fully saturated rings. The van der Waals surface area contributed by atoms with Gasteiger partial charge in [-0.3, -0.25) is 4.79 Å². The van der Waals surface area contributed by atoms with Gasteiger partial charge in [0.25, 0.3) is 0 Å². The van der Waals surface area contributed by atoms with Gasteiger partial charge in [-0.15, -0.1) is 0 Å². The summed E-state index contributed by atoms with van der Waals surface area (Å²) >= 11 is 0. The number of nitrogens with zero attached hydrogens (tertiary/aromatic N) is 1. The zero-order valence-electron chi connectivity index (χ0n) is 8.25. The molecule has 0 atom stereocenters. The maximum atomic E-state index is 10.7. The lowest BCUT2D eigenvalue weighted by atomic mass is 10.2. The molecule has 0 rings (SSSR count). The molecule has 76 valence electrons. The van der Waals surface area contributed by atoms with Crippen molar-refractivity contribution in [1.82, 2.24) is 4.90 Å². The van der Waals surface area contributed by atoms with Crippen LogP contribution in [0.5, 0.6) is 0 Å². The summed E-state index contributed by atoms with van der Waals surface area (Å²) in [5.41, 5.74) is 0. The van der Waals surface area contributed by atoms with Gasteiger partial charge in [0, 0.05) is 6.42 Å². The predicted molar refractivity (Wildman–Crippen MR) is 49.7 cm³/mol. The summed E-state index contributed by atoms with van der Waals surface area (Å²) in [7, 11) is 0. The van der Waals surface area contributed by atoms with Gasteiger partial charge in [-0.2, -0.15) is 0 Å². The van der Waals surface area contributed by atoms with Gasteiger partial charge < -0.3 is 10.0 Å². The molecule has 0 bridgehead atoms. The van der Waals surface area contributed by atoms with Gasteiger partial charge in [-0.05, 0) is 26.1 Å². The average molecular weight is 187 g/mol. The third kappa shape index (κ3) is 5.36. The van der Waals surface area contributed by atoms with E-state index in [4.69, 9.17) is 5.11 Å². The fourth-order valence-electron chi connectivity index (χ4n) is 1.11. The molecule has 0 unspecified atom stereocenters. The maximum Gasteiger partial charge on any atom is 0.372 e. The number of ketones is 1. The van der Waals surface area contributed by atoms with E-state index in [2.05, 4.69) is 4.90 Å². The second-order valence-corrected chi connectivity index (χ2v) is 2.86. The normalized spacial score (nSPS) is 10.4. The van der Waals surface area contributed by atoms with Crippen LogP contribution in [-0.4, -0.2) is 41.4 Å². The Kier molecular flexibility index (Phi) is 6.14. The largest absolute Gasteiger partial charge is 0.476 e. The van der Waals surface area contributed by atoms with E-state index in [0.717, 1.165) is 19.6 Å². The van der Waals surface area contributed by atoms with Gasteiger partial charge in [0.05, 0.1) is 0 Å². The second-order valence-electron chi connectivity index (χ2n) is 2.86. The Bertz CT molecular complexity index is 176. The van der Waals surface area contributed by atoms with Crippen LogP contribution >= 0.6 is 0 Å². The minimum absolute atomic E-state index is 0.145. The van der Waals surface area contributed by atoms with Crippen molar-refractivity contribution in [3.63, 3.8) is 0 Å². The third-order valence-corrected chi connectivity index (χ3v) is 2.01. The number of carboxylic acids is 1. The van der Waals surface area contributed by atoms with Gasteiger partial charge in [0.1, 0.15) is 0 Å². The first-order valence-corrected chi connectivity index (χ1v) is 4.60. The molecule has 0 saturated carbocycles. The molecule has 4 heteroatoms. The maximum absolute atomic E-state index is 10.7. The number of hydrogen-bond acceptors (Lipinski definition) is 3. The molecule has 0 amide bonds. The number of carboxylic acid groups (broad SMARTS) is 1. The number of Topliss-reactive ketones (excluding diaryl/α,β-unsaturated/α-hetero) is 1. The Labute approximate surface area is 78.5 Å². The van der Waals surface area contributed by atoms with Crippen LogP contribution in [0, 0.1) is 0 Å². The smallest absolute Gasteiger partial charge is 0.372 e. The fraction of sp³-hybridized carbons (Fsp3) is 0.778. The highest BCUT2D eigenvalue weighted by Crippen LogP contribution is 1.96. The standard InChI is InChI=1S/C9H17NO3/c1-3-10(4-2)7-5-6-8(11)9(12)13/h3-7H2,1-2H3,(H,12,13). The van der Waals surface area contributed by atoms with Crippen LogP contribution in [0.3, 0.4) is 0 Å². The number of carbonyl (C=O) groups excluding carboxylic acids is 1. The summed E-state index contributed by atoms with van der Waals surface area (Å²) in [5.74, 6) is -2.01. The Balaban J connectivity index is 3.54. The van der Waals surface area contributed by atoms with E-state index in [1.165, 1.54) is 0 Å². The number of rotatable bonds is 7. The highest BCUT2D eigenvalue weighted by Gasteiger charge is 2.10. The summed E-state index contributed by atoms with van der Waals surface area (Å²) < 4.78 is 0. The van der Waals surface area contributed by atoms with Crippen molar-refractivity contribution < 1.29 is 14.7 Å². The quantitative estimate of drug-likeness (QED) is 0.598. The molecule has 0 aliphatic heterocycles. The molecule has 0 heterocycles. The lowest BCUT2D eigenvalue weighted by Crippen LogP contribution is -2.25. The van der Waals surface area contributed by atoms with Crippen LogP contribution in [-0.2, 0) is 9.59 Å². The Morgan fingerprint density at radius 3 is 2.15 bits per heavy atom. The fourth-order valence-corrected chi connectivity index (χ4v) is 1.11. The minimum Gasteiger partial charge on any atom is -0.476 e. The molecule has 0 aromatic rings. The monoisotopic (exact) mass is 187 g/mol. The highest BCUT2D eigenvalue weighted by atomic mass is 16.4. The Morgan fingerprint density at radius 1 is 1.23 bits per heavy atom. The van der Waals surface area contributed by atoms with Crippen molar-refractivity contribution in [2.45, 2.75) is 26.7 Å². The molecule has 13 heavy (non-hydrogen) atoms. The molecule has 4 nitrogen and oxygen atoms in total. The SMILES string of the molecule is CCN(CC)CCCC(=O)C(=O)O. The van der Waals surface area contributed by atoms with E-state index >= 15 is 0 Å². The highest BCUT2D eigenvalue weighted by molar-refractivity contribution is 6.32. The van der Waals surface area contributed by atoms with Gasteiger partial charge in [0.2, 0.25) is 5.78 Å². The van der Waals surface area contributed by atoms with Crippen LogP contribution < -0.4 is 0 Å². The summed E-state index contributed by atoms with van der Waals surface area (Å²) in [4.78, 5) is 23.0. The van der Waals surface area contributed by atoms with Crippen LogP contribution in [0.25, 0.3) is 0 Å². The molecule has 0 aliphatic carbocycles. The summed E-state index contributed by atoms with van der Waals surface area (Å²) in [5, 5.41) is 8.30. The van der Waals surface area contributed by atoms with Gasteiger partial charge >= 0.3 is 5.97 Å². The van der Waals surface area contributed by atoms with Crippen molar-refractivity contribution >= 4 is 11.8 Å². The molecule has 0 spiro atoms. The Morgan fingerprint density at radius 2 is 1.77 bits per heavy atom. The van der Waals surface area contributed by atoms with Crippen molar-refractivity contribution in [2.24, 2.45) is 0 Å². The van der Waals surface area contributed by atoms with Crippen LogP contribution in [0.1, 0.15) is 26.7 Å². The Hall–Kier alpha value is -0.900. The van der Waals surface area contributed by atoms with E-state index in [-0.39, 0.29) is 6.42 Å². The molecule has 0 aliphatic rings. The molecular formula is C9H17NO3. The molecule has 1 N–H and O–H groups in total. The van der Waals surface area contributed by atoms with Crippen molar-refractivity contribution in [2.75, 3.05) is 19.6 Å². The molecule has 0 aromatic heterocycles. The molecule has 0 saturated heterocycles. The lowest BCUT2D eigenvalue weighted by molar-refractivity contribution is -0.149. The topological polar surface area (TPSA) is 57.6 Å². The van der Waals surface area contributed by atoms with Gasteiger partial charge in [0.15, 0.2) is 0 Å². The van der Waals surface area contributed by atoms with E-state index in [1.807, 2.05) is 13.8 Å². The molecule has 0 aromatic carbocycles. The van der Waals surface area contributed by atoms with Gasteiger partial charge in [-0.25, -0.2) is 4.79 Å². The number of hydrogen-bond donors (Lipinski definition) is 1. The van der Waals surface area contributed by atoms with Crippen LogP contribution in [0.15, 0.2) is 0 Å². The molecule has 0 radical (unpaired) electrons. The first-order valence-electron chi connectivity index (χ1n) is 4.60. The van der Waals surface area contributed by atoms with E-state index < -0.39 is 11.8 Å². The summed E-state index contributed by atoms with van der Waals surface area (Å²) in [6, 6.07) is 0. The zero-order valence-corrected chi connectivity index (χ0v) is 8.25. The first-order chi connectivity index (χ1) is 6.11. The van der Waals surface area contributed by atoms with E-state index in [0.29, 0.717) is 6.42 Å². The number of aliphatic carboxylic acids is 1. The van der Waals surface area contributed by atoms with Crippen molar-refractivity contribution in [3.05, 3.63) is 0 Å². The van der Waals surface area contributed by atoms with Crippen LogP contribution in [0.2, 0.25) is 0 Å². The summed E-state index contributed by atoms with van der Waals surface area (Å²) in [6.07, 6.45) is 0.776. The summed E-state index contributed by atoms with van der Waals surface area (Å²) in [6.45, 7) is 6.77. The lowest BCUT2D eigenvalue weighted by Gasteiger charge is -2.16. The van der Waals surface area contributed by atoms with Crippen molar-refractivity contribution in [3.8, 4) is 0 Å². The first kappa shape index (κ1) is 12.1. The zero-order chi connectivity index (χ0) is 10.3. The second kappa shape index (κ2) is 6.60. The minimum atomic E-state index is -1.32. The van der Waals surface area contributed by atoms with E-state index in [9.17, 15) is 9.59 Å². The van der Waals surface area contributed by atoms with Crippen LogP contribution in [0.4, 0.5) is 0 Å². The van der Waals surface area contributed by atoms with E-state index in [1.54, 1.807) is 0 Å². The van der Waals surface area contributed by atoms with Crippen molar-refractivity contribution in [1.29, 1.82) is 0 Å². The number of carbonyl (C=O) groups is 2. The average Bonchev–Trinajstić information content (AvgIpc) is 2.12. The van der Waals surface area contributed by atoms with Gasteiger partial charge in [-0.1, -0.05) is 13.8 Å².